The molecule has 3 rings (SSSR count). The van der Waals surface area contributed by atoms with Gasteiger partial charge in [-0.25, -0.2) is 4.98 Å². The van der Waals surface area contributed by atoms with Crippen molar-refractivity contribution < 1.29 is 4.79 Å². The summed E-state index contributed by atoms with van der Waals surface area (Å²) in [7, 11) is 0. The van der Waals surface area contributed by atoms with E-state index in [2.05, 4.69) is 25.4 Å². The Hall–Kier alpha value is -1.66. The minimum absolute atomic E-state index is 0.138. The minimum atomic E-state index is 0.138. The van der Waals surface area contributed by atoms with Crippen molar-refractivity contribution in [1.29, 1.82) is 0 Å². The maximum absolute atomic E-state index is 12.2. The highest BCUT2D eigenvalue weighted by Gasteiger charge is 2.19. The number of nitrogens with zero attached hydrogens (tertiary/aromatic N) is 3. The standard InChI is InChI=1S/C20H33N5O/c26-20(23-12-11-21-18-7-3-1-2-4-8-18)17-24-13-15-25(16-14-24)19-9-5-6-10-22-19/h5-6,9-10,18,21H,1-4,7-8,11-17H2,(H,23,26). The van der Waals surface area contributed by atoms with Gasteiger partial charge in [-0.2, -0.15) is 0 Å². The fourth-order valence-electron chi connectivity index (χ4n) is 3.90. The Morgan fingerprint density at radius 1 is 1.04 bits per heavy atom. The van der Waals surface area contributed by atoms with E-state index in [1.807, 2.05) is 24.4 Å². The van der Waals surface area contributed by atoms with Gasteiger partial charge in [0.05, 0.1) is 6.54 Å². The second kappa shape index (κ2) is 10.5. The summed E-state index contributed by atoms with van der Waals surface area (Å²) in [5, 5.41) is 6.66. The molecule has 1 aromatic rings. The van der Waals surface area contributed by atoms with Crippen LogP contribution in [0.15, 0.2) is 24.4 Å². The number of hydrogen-bond acceptors (Lipinski definition) is 5. The predicted molar refractivity (Wildman–Crippen MR) is 105 cm³/mol. The summed E-state index contributed by atoms with van der Waals surface area (Å²) in [5.41, 5.74) is 0. The lowest BCUT2D eigenvalue weighted by Gasteiger charge is -2.34. The van der Waals surface area contributed by atoms with Gasteiger partial charge in [0.15, 0.2) is 0 Å². The maximum Gasteiger partial charge on any atom is 0.234 e. The fourth-order valence-corrected chi connectivity index (χ4v) is 3.90. The number of anilines is 1. The largest absolute Gasteiger partial charge is 0.354 e. The number of hydrogen-bond donors (Lipinski definition) is 2. The van der Waals surface area contributed by atoms with Crippen LogP contribution in [-0.2, 0) is 4.79 Å². The fraction of sp³-hybridized carbons (Fsp3) is 0.700. The molecule has 144 valence electrons. The predicted octanol–water partition coefficient (Wildman–Crippen LogP) is 1.63. The zero-order valence-corrected chi connectivity index (χ0v) is 15.8. The van der Waals surface area contributed by atoms with Crippen molar-refractivity contribution in [3.8, 4) is 0 Å². The zero-order chi connectivity index (χ0) is 18.0. The van der Waals surface area contributed by atoms with E-state index in [4.69, 9.17) is 0 Å². The average Bonchev–Trinajstić information content (AvgIpc) is 2.95. The normalized spacial score (nSPS) is 19.9. The quantitative estimate of drug-likeness (QED) is 0.572. The number of rotatable bonds is 7. The van der Waals surface area contributed by atoms with Crippen molar-refractivity contribution in [2.45, 2.75) is 44.6 Å². The van der Waals surface area contributed by atoms with Crippen LogP contribution in [0.1, 0.15) is 38.5 Å². The van der Waals surface area contributed by atoms with Crippen molar-refractivity contribution in [2.75, 3.05) is 50.7 Å². The molecule has 0 atom stereocenters. The Kier molecular flexibility index (Phi) is 7.70. The summed E-state index contributed by atoms with van der Waals surface area (Å²) in [4.78, 5) is 21.1. The molecule has 2 heterocycles. The van der Waals surface area contributed by atoms with Crippen LogP contribution in [0.25, 0.3) is 0 Å². The molecule has 1 saturated carbocycles. The van der Waals surface area contributed by atoms with Gasteiger partial charge in [-0.1, -0.05) is 31.7 Å². The molecule has 0 bridgehead atoms. The third-order valence-electron chi connectivity index (χ3n) is 5.45. The molecular formula is C20H33N5O. The first kappa shape index (κ1) is 19.1. The highest BCUT2D eigenvalue weighted by atomic mass is 16.2. The summed E-state index contributed by atoms with van der Waals surface area (Å²) in [6.45, 7) is 5.77. The van der Waals surface area contributed by atoms with Gasteiger partial charge in [0, 0.05) is 51.5 Å². The number of pyridine rings is 1. The number of carbonyl (C=O) groups is 1. The van der Waals surface area contributed by atoms with Gasteiger partial charge in [0.25, 0.3) is 0 Å². The van der Waals surface area contributed by atoms with E-state index in [1.54, 1.807) is 0 Å². The van der Waals surface area contributed by atoms with E-state index in [0.29, 0.717) is 12.6 Å². The molecule has 0 radical (unpaired) electrons. The second-order valence-electron chi connectivity index (χ2n) is 7.44. The van der Waals surface area contributed by atoms with E-state index in [1.165, 1.54) is 38.5 Å². The summed E-state index contributed by atoms with van der Waals surface area (Å²) in [6, 6.07) is 6.65. The highest BCUT2D eigenvalue weighted by Crippen LogP contribution is 2.16. The van der Waals surface area contributed by atoms with E-state index in [0.717, 1.165) is 45.1 Å². The lowest BCUT2D eigenvalue weighted by molar-refractivity contribution is -0.122. The van der Waals surface area contributed by atoms with Gasteiger partial charge in [-0.05, 0) is 25.0 Å². The van der Waals surface area contributed by atoms with Gasteiger partial charge >= 0.3 is 0 Å². The summed E-state index contributed by atoms with van der Waals surface area (Å²) < 4.78 is 0. The average molecular weight is 360 g/mol. The Morgan fingerprint density at radius 3 is 2.50 bits per heavy atom. The highest BCUT2D eigenvalue weighted by molar-refractivity contribution is 5.78. The zero-order valence-electron chi connectivity index (χ0n) is 15.8. The summed E-state index contributed by atoms with van der Waals surface area (Å²) in [5.74, 6) is 1.17. The van der Waals surface area contributed by atoms with Crippen LogP contribution in [0.2, 0.25) is 0 Å². The van der Waals surface area contributed by atoms with E-state index in [-0.39, 0.29) is 5.91 Å². The maximum atomic E-state index is 12.2. The van der Waals surface area contributed by atoms with Gasteiger partial charge < -0.3 is 15.5 Å². The van der Waals surface area contributed by atoms with E-state index >= 15 is 0 Å². The Morgan fingerprint density at radius 2 is 1.81 bits per heavy atom. The Balaban J connectivity index is 1.27. The molecule has 1 saturated heterocycles. The monoisotopic (exact) mass is 359 g/mol. The number of aromatic nitrogens is 1. The van der Waals surface area contributed by atoms with Crippen LogP contribution in [0, 0.1) is 0 Å². The lowest BCUT2D eigenvalue weighted by atomic mass is 10.1. The summed E-state index contributed by atoms with van der Waals surface area (Å²) in [6.07, 6.45) is 9.84. The van der Waals surface area contributed by atoms with Crippen LogP contribution in [0.5, 0.6) is 0 Å². The smallest absolute Gasteiger partial charge is 0.234 e. The molecule has 1 aliphatic carbocycles. The summed E-state index contributed by atoms with van der Waals surface area (Å²) >= 11 is 0. The molecule has 0 aromatic carbocycles. The number of carbonyl (C=O) groups excluding carboxylic acids is 1. The van der Waals surface area contributed by atoms with E-state index in [9.17, 15) is 4.79 Å². The van der Waals surface area contributed by atoms with Crippen LogP contribution in [-0.4, -0.2) is 67.6 Å². The second-order valence-corrected chi connectivity index (χ2v) is 7.44. The molecule has 1 aliphatic heterocycles. The number of amides is 1. The molecule has 2 N–H and O–H groups in total. The number of nitrogens with one attached hydrogen (secondary N) is 2. The Bertz CT molecular complexity index is 522. The Labute approximate surface area is 157 Å². The molecule has 6 heteroatoms. The third kappa shape index (κ3) is 6.25. The number of piperazine rings is 1. The van der Waals surface area contributed by atoms with Crippen LogP contribution < -0.4 is 15.5 Å². The van der Waals surface area contributed by atoms with Crippen LogP contribution in [0.3, 0.4) is 0 Å². The van der Waals surface area contributed by atoms with Gasteiger partial charge in [-0.3, -0.25) is 9.69 Å². The van der Waals surface area contributed by atoms with Gasteiger partial charge in [0.1, 0.15) is 5.82 Å². The van der Waals surface area contributed by atoms with Crippen molar-refractivity contribution in [3.05, 3.63) is 24.4 Å². The molecule has 2 fully saturated rings. The topological polar surface area (TPSA) is 60.5 Å². The molecular weight excluding hydrogens is 326 g/mol. The first-order valence-electron chi connectivity index (χ1n) is 10.2. The third-order valence-corrected chi connectivity index (χ3v) is 5.45. The molecule has 26 heavy (non-hydrogen) atoms. The van der Waals surface area contributed by atoms with Crippen molar-refractivity contribution in [3.63, 3.8) is 0 Å². The van der Waals surface area contributed by atoms with Crippen LogP contribution in [0.4, 0.5) is 5.82 Å². The molecule has 2 aliphatic rings. The van der Waals surface area contributed by atoms with Crippen molar-refractivity contribution in [1.82, 2.24) is 20.5 Å². The molecule has 0 spiro atoms. The first-order valence-corrected chi connectivity index (χ1v) is 10.2. The van der Waals surface area contributed by atoms with Crippen molar-refractivity contribution >= 4 is 11.7 Å². The van der Waals surface area contributed by atoms with Gasteiger partial charge in [-0.15, -0.1) is 0 Å². The van der Waals surface area contributed by atoms with Crippen LogP contribution >= 0.6 is 0 Å². The lowest BCUT2D eigenvalue weighted by Crippen LogP contribution is -2.50. The van der Waals surface area contributed by atoms with E-state index < -0.39 is 0 Å². The SMILES string of the molecule is O=C(CN1CCN(c2ccccn2)CC1)NCCNC1CCCCCC1. The minimum Gasteiger partial charge on any atom is -0.354 e. The van der Waals surface area contributed by atoms with Gasteiger partial charge in [0.2, 0.25) is 5.91 Å². The van der Waals surface area contributed by atoms with Crippen molar-refractivity contribution in [2.24, 2.45) is 0 Å². The first-order chi connectivity index (χ1) is 12.8. The molecule has 0 unspecified atom stereocenters. The molecule has 1 amide bonds. The molecule has 6 nitrogen and oxygen atoms in total. The molecule has 1 aromatic heterocycles.